The third-order valence-corrected chi connectivity index (χ3v) is 4.05. The summed E-state index contributed by atoms with van der Waals surface area (Å²) in [5.74, 6) is -1.08. The summed E-state index contributed by atoms with van der Waals surface area (Å²) in [7, 11) is 0. The van der Waals surface area contributed by atoms with Crippen molar-refractivity contribution >= 4 is 16.9 Å². The van der Waals surface area contributed by atoms with Gasteiger partial charge in [-0.05, 0) is 38.1 Å². The van der Waals surface area contributed by atoms with Gasteiger partial charge in [0.2, 0.25) is 0 Å². The van der Waals surface area contributed by atoms with E-state index in [0.717, 1.165) is 25.9 Å². The molecule has 1 aromatic heterocycles. The lowest BCUT2D eigenvalue weighted by Crippen LogP contribution is -2.32. The Labute approximate surface area is 122 Å². The zero-order valence-electron chi connectivity index (χ0n) is 11.8. The van der Waals surface area contributed by atoms with E-state index in [1.165, 1.54) is 6.42 Å². The molecule has 2 heterocycles. The first-order valence-electron chi connectivity index (χ1n) is 7.26. The fourth-order valence-electron chi connectivity index (χ4n) is 2.95. The average Bonchev–Trinajstić information content (AvgIpc) is 2.51. The van der Waals surface area contributed by atoms with Crippen molar-refractivity contribution in [2.75, 3.05) is 13.1 Å². The van der Waals surface area contributed by atoms with E-state index in [-0.39, 0.29) is 11.1 Å². The number of aromatic carboxylic acids is 1. The third kappa shape index (κ3) is 2.69. The van der Waals surface area contributed by atoms with Crippen molar-refractivity contribution in [3.63, 3.8) is 0 Å². The van der Waals surface area contributed by atoms with Crippen LogP contribution in [0.2, 0.25) is 0 Å². The Kier molecular flexibility index (Phi) is 3.75. The van der Waals surface area contributed by atoms with Crippen molar-refractivity contribution in [3.8, 4) is 0 Å². The largest absolute Gasteiger partial charge is 0.477 e. The maximum absolute atomic E-state index is 12.6. The standard InChI is InChI=1S/C16H18N2O3/c19-15-11-6-2-3-7-13(11)17-14(16(20)21)12(15)10-18-8-4-1-5-9-18/h2-3,6-7H,1,4-5,8-10H2,(H,17,19)(H,20,21). The van der Waals surface area contributed by atoms with E-state index in [2.05, 4.69) is 9.88 Å². The van der Waals surface area contributed by atoms with E-state index in [4.69, 9.17) is 0 Å². The van der Waals surface area contributed by atoms with E-state index in [1.54, 1.807) is 24.3 Å². The van der Waals surface area contributed by atoms with Crippen LogP contribution in [0.1, 0.15) is 35.3 Å². The van der Waals surface area contributed by atoms with E-state index in [9.17, 15) is 14.7 Å². The minimum atomic E-state index is -1.08. The minimum Gasteiger partial charge on any atom is -0.477 e. The zero-order chi connectivity index (χ0) is 14.8. The van der Waals surface area contributed by atoms with Crippen LogP contribution in [0.3, 0.4) is 0 Å². The molecule has 1 aliphatic rings. The Balaban J connectivity index is 2.10. The number of carboxylic acids is 1. The van der Waals surface area contributed by atoms with Crippen molar-refractivity contribution in [1.29, 1.82) is 0 Å². The molecule has 2 N–H and O–H groups in total. The van der Waals surface area contributed by atoms with Gasteiger partial charge in [0.05, 0.1) is 0 Å². The first-order chi connectivity index (χ1) is 10.2. The third-order valence-electron chi connectivity index (χ3n) is 4.05. The second kappa shape index (κ2) is 5.69. The number of aromatic amines is 1. The van der Waals surface area contributed by atoms with Crippen molar-refractivity contribution < 1.29 is 9.90 Å². The molecule has 0 radical (unpaired) electrons. The van der Waals surface area contributed by atoms with Crippen LogP contribution in [0.15, 0.2) is 29.1 Å². The van der Waals surface area contributed by atoms with Gasteiger partial charge in [0.25, 0.3) is 0 Å². The molecule has 1 fully saturated rings. The Morgan fingerprint density at radius 3 is 2.62 bits per heavy atom. The average molecular weight is 286 g/mol. The fourth-order valence-corrected chi connectivity index (χ4v) is 2.95. The Bertz CT molecular complexity index is 730. The van der Waals surface area contributed by atoms with E-state index in [1.807, 2.05) is 0 Å². The number of carboxylic acid groups (broad SMARTS) is 1. The normalized spacial score (nSPS) is 16.2. The van der Waals surface area contributed by atoms with E-state index < -0.39 is 5.97 Å². The number of likely N-dealkylation sites (tertiary alicyclic amines) is 1. The number of rotatable bonds is 3. The van der Waals surface area contributed by atoms with Gasteiger partial charge < -0.3 is 10.1 Å². The van der Waals surface area contributed by atoms with Crippen molar-refractivity contribution in [1.82, 2.24) is 9.88 Å². The summed E-state index contributed by atoms with van der Waals surface area (Å²) in [5.41, 5.74) is 0.780. The Morgan fingerprint density at radius 2 is 1.90 bits per heavy atom. The lowest BCUT2D eigenvalue weighted by Gasteiger charge is -2.26. The number of pyridine rings is 1. The number of nitrogens with one attached hydrogen (secondary N) is 1. The van der Waals surface area contributed by atoms with Gasteiger partial charge in [-0.25, -0.2) is 4.79 Å². The SMILES string of the molecule is O=C(O)c1[nH]c2ccccc2c(=O)c1CN1CCCCC1. The molecule has 0 unspecified atom stereocenters. The molecule has 3 rings (SSSR count). The number of carbonyl (C=O) groups is 1. The molecule has 0 saturated carbocycles. The number of benzene rings is 1. The second-order valence-corrected chi connectivity index (χ2v) is 5.50. The highest BCUT2D eigenvalue weighted by Crippen LogP contribution is 2.16. The monoisotopic (exact) mass is 286 g/mol. The summed E-state index contributed by atoms with van der Waals surface area (Å²) in [5, 5.41) is 9.94. The predicted octanol–water partition coefficient (Wildman–Crippen LogP) is 2.21. The molecule has 0 atom stereocenters. The quantitative estimate of drug-likeness (QED) is 0.907. The lowest BCUT2D eigenvalue weighted by molar-refractivity contribution is 0.0687. The molecule has 110 valence electrons. The molecule has 5 nitrogen and oxygen atoms in total. The minimum absolute atomic E-state index is 0.0178. The van der Waals surface area contributed by atoms with E-state index in [0.29, 0.717) is 23.0 Å². The van der Waals surface area contributed by atoms with Gasteiger partial charge >= 0.3 is 5.97 Å². The maximum atomic E-state index is 12.6. The van der Waals surface area contributed by atoms with Gasteiger partial charge in [-0.15, -0.1) is 0 Å². The smallest absolute Gasteiger partial charge is 0.352 e. The molecule has 2 aromatic rings. The molecule has 1 aromatic carbocycles. The molecule has 0 aliphatic carbocycles. The molecular formula is C16H18N2O3. The van der Waals surface area contributed by atoms with Gasteiger partial charge in [0.1, 0.15) is 5.69 Å². The summed E-state index contributed by atoms with van der Waals surface area (Å²) in [6, 6.07) is 7.05. The van der Waals surface area contributed by atoms with Crippen LogP contribution in [-0.2, 0) is 6.54 Å². The zero-order valence-corrected chi connectivity index (χ0v) is 11.8. The van der Waals surface area contributed by atoms with Crippen molar-refractivity contribution in [2.45, 2.75) is 25.8 Å². The fraction of sp³-hybridized carbons (Fsp3) is 0.375. The molecule has 5 heteroatoms. The molecule has 1 aliphatic heterocycles. The number of fused-ring (bicyclic) bond motifs is 1. The number of H-pyrrole nitrogens is 1. The van der Waals surface area contributed by atoms with E-state index >= 15 is 0 Å². The first-order valence-corrected chi connectivity index (χ1v) is 7.26. The molecule has 0 spiro atoms. The van der Waals surface area contributed by atoms with Gasteiger partial charge in [-0.3, -0.25) is 9.69 Å². The highest BCUT2D eigenvalue weighted by molar-refractivity contribution is 5.91. The summed E-state index contributed by atoms with van der Waals surface area (Å²) in [6.45, 7) is 2.25. The van der Waals surface area contributed by atoms with Crippen molar-refractivity contribution in [2.24, 2.45) is 0 Å². The van der Waals surface area contributed by atoms with Crippen LogP contribution in [0.25, 0.3) is 10.9 Å². The number of hydrogen-bond acceptors (Lipinski definition) is 3. The molecule has 0 amide bonds. The topological polar surface area (TPSA) is 73.4 Å². The summed E-state index contributed by atoms with van der Waals surface area (Å²) >= 11 is 0. The van der Waals surface area contributed by atoms with Gasteiger partial charge in [0.15, 0.2) is 5.43 Å². The molecule has 1 saturated heterocycles. The number of aromatic nitrogens is 1. The van der Waals surface area contributed by atoms with Crippen LogP contribution in [-0.4, -0.2) is 34.0 Å². The number of para-hydroxylation sites is 1. The van der Waals surface area contributed by atoms with Crippen LogP contribution in [0.4, 0.5) is 0 Å². The van der Waals surface area contributed by atoms with Crippen LogP contribution < -0.4 is 5.43 Å². The Morgan fingerprint density at radius 1 is 1.19 bits per heavy atom. The Hall–Kier alpha value is -2.14. The second-order valence-electron chi connectivity index (χ2n) is 5.50. The predicted molar refractivity (Wildman–Crippen MR) is 80.7 cm³/mol. The summed E-state index contributed by atoms with van der Waals surface area (Å²) in [6.07, 6.45) is 3.41. The lowest BCUT2D eigenvalue weighted by atomic mass is 10.1. The van der Waals surface area contributed by atoms with Crippen LogP contribution >= 0.6 is 0 Å². The summed E-state index contributed by atoms with van der Waals surface area (Å²) < 4.78 is 0. The first kappa shape index (κ1) is 13.8. The number of nitrogens with zero attached hydrogens (tertiary/aromatic N) is 1. The van der Waals surface area contributed by atoms with Gasteiger partial charge in [-0.2, -0.15) is 0 Å². The number of hydrogen-bond donors (Lipinski definition) is 2. The maximum Gasteiger partial charge on any atom is 0.352 e. The molecule has 21 heavy (non-hydrogen) atoms. The van der Waals surface area contributed by atoms with Crippen molar-refractivity contribution in [3.05, 3.63) is 45.7 Å². The molecular weight excluding hydrogens is 268 g/mol. The molecule has 0 bridgehead atoms. The van der Waals surface area contributed by atoms with Gasteiger partial charge in [-0.1, -0.05) is 18.6 Å². The highest BCUT2D eigenvalue weighted by Gasteiger charge is 2.20. The summed E-state index contributed by atoms with van der Waals surface area (Å²) in [4.78, 5) is 29.1. The van der Waals surface area contributed by atoms with Gasteiger partial charge in [0, 0.05) is 23.0 Å². The highest BCUT2D eigenvalue weighted by atomic mass is 16.4. The van der Waals surface area contributed by atoms with Crippen LogP contribution in [0, 0.1) is 0 Å². The van der Waals surface area contributed by atoms with Crippen LogP contribution in [0.5, 0.6) is 0 Å². The number of piperidine rings is 1.